The topological polar surface area (TPSA) is 54.0 Å². The lowest BCUT2D eigenvalue weighted by Gasteiger charge is -2.11. The number of amides is 1. The fraction of sp³-hybridized carbons (Fsp3) is 0.294. The van der Waals surface area contributed by atoms with E-state index in [0.717, 1.165) is 11.6 Å². The Kier molecular flexibility index (Phi) is 7.11. The molecule has 0 saturated heterocycles. The van der Waals surface area contributed by atoms with Crippen molar-refractivity contribution in [2.24, 2.45) is 0 Å². The Balaban J connectivity index is 1.71. The zero-order chi connectivity index (χ0) is 19.2. The number of rotatable bonds is 7. The molecule has 2 rings (SSSR count). The Bertz CT molecular complexity index is 752. The van der Waals surface area contributed by atoms with Gasteiger partial charge in [-0.05, 0) is 30.2 Å². The van der Waals surface area contributed by atoms with Crippen LogP contribution in [0.3, 0.4) is 0 Å². The molecule has 1 aromatic carbocycles. The number of pyridine rings is 1. The van der Waals surface area contributed by atoms with Crippen LogP contribution in [0.15, 0.2) is 36.5 Å². The predicted molar refractivity (Wildman–Crippen MR) is 95.5 cm³/mol. The molecule has 0 unspecified atom stereocenters. The van der Waals surface area contributed by atoms with Crippen molar-refractivity contribution in [2.45, 2.75) is 19.0 Å². The number of anilines is 1. The highest BCUT2D eigenvalue weighted by Gasteiger charge is 2.31. The van der Waals surface area contributed by atoms with Crippen LogP contribution in [0.1, 0.15) is 17.5 Å². The molecule has 1 heterocycles. The van der Waals surface area contributed by atoms with Crippen molar-refractivity contribution in [3.05, 3.63) is 57.7 Å². The van der Waals surface area contributed by atoms with Gasteiger partial charge >= 0.3 is 6.18 Å². The minimum atomic E-state index is -4.49. The van der Waals surface area contributed by atoms with E-state index < -0.39 is 11.7 Å². The van der Waals surface area contributed by atoms with Gasteiger partial charge in [-0.25, -0.2) is 4.98 Å². The molecule has 0 saturated carbocycles. The second-order valence-corrected chi connectivity index (χ2v) is 6.30. The number of alkyl halides is 3. The van der Waals surface area contributed by atoms with Crippen LogP contribution in [0.5, 0.6) is 0 Å². The Morgan fingerprint density at radius 3 is 2.42 bits per heavy atom. The molecule has 0 fully saturated rings. The highest BCUT2D eigenvalue weighted by atomic mass is 35.5. The SMILES string of the molecule is O=C(CCc1ccc(Cl)cc1)NCCNc1ncc(C(F)(F)F)cc1Cl. The monoisotopic (exact) mass is 405 g/mol. The van der Waals surface area contributed by atoms with Crippen LogP contribution in [0, 0.1) is 0 Å². The number of aromatic nitrogens is 1. The van der Waals surface area contributed by atoms with E-state index in [9.17, 15) is 18.0 Å². The zero-order valence-corrected chi connectivity index (χ0v) is 15.0. The lowest BCUT2D eigenvalue weighted by molar-refractivity contribution is -0.137. The normalized spacial score (nSPS) is 11.3. The van der Waals surface area contributed by atoms with Crippen LogP contribution < -0.4 is 10.6 Å². The first-order chi connectivity index (χ1) is 12.3. The molecule has 4 nitrogen and oxygen atoms in total. The van der Waals surface area contributed by atoms with E-state index in [1.807, 2.05) is 12.1 Å². The number of carbonyl (C=O) groups is 1. The minimum absolute atomic E-state index is 0.131. The Hall–Kier alpha value is -1.99. The van der Waals surface area contributed by atoms with Gasteiger partial charge in [0.05, 0.1) is 10.6 Å². The summed E-state index contributed by atoms with van der Waals surface area (Å²) in [4.78, 5) is 15.4. The average Bonchev–Trinajstić information content (AvgIpc) is 2.58. The fourth-order valence-corrected chi connectivity index (χ4v) is 2.46. The molecule has 2 aromatic rings. The summed E-state index contributed by atoms with van der Waals surface area (Å²) in [6, 6.07) is 8.05. The Morgan fingerprint density at radius 2 is 1.81 bits per heavy atom. The van der Waals surface area contributed by atoms with Gasteiger partial charge in [0.1, 0.15) is 5.82 Å². The quantitative estimate of drug-likeness (QED) is 0.663. The minimum Gasteiger partial charge on any atom is -0.367 e. The molecule has 0 bridgehead atoms. The number of hydrogen-bond donors (Lipinski definition) is 2. The average molecular weight is 406 g/mol. The first kappa shape index (κ1) is 20.3. The third kappa shape index (κ3) is 6.38. The van der Waals surface area contributed by atoms with Crippen molar-refractivity contribution in [2.75, 3.05) is 18.4 Å². The van der Waals surface area contributed by atoms with Crippen molar-refractivity contribution in [3.8, 4) is 0 Å². The summed E-state index contributed by atoms with van der Waals surface area (Å²) in [7, 11) is 0. The second-order valence-electron chi connectivity index (χ2n) is 5.46. The van der Waals surface area contributed by atoms with Gasteiger partial charge < -0.3 is 10.6 Å². The van der Waals surface area contributed by atoms with E-state index in [-0.39, 0.29) is 23.3 Å². The molecule has 0 spiro atoms. The number of nitrogens with zero attached hydrogens (tertiary/aromatic N) is 1. The Morgan fingerprint density at radius 1 is 1.12 bits per heavy atom. The van der Waals surface area contributed by atoms with Gasteiger partial charge in [-0.1, -0.05) is 35.3 Å². The summed E-state index contributed by atoms with van der Waals surface area (Å²) in [6.07, 6.45) is -2.88. The molecule has 0 aliphatic rings. The van der Waals surface area contributed by atoms with Gasteiger partial charge in [0.2, 0.25) is 5.91 Å². The molecule has 2 N–H and O–H groups in total. The van der Waals surface area contributed by atoms with Crippen LogP contribution in [-0.2, 0) is 17.4 Å². The predicted octanol–water partition coefficient (Wildman–Crippen LogP) is 4.57. The van der Waals surface area contributed by atoms with Crippen LogP contribution in [0.2, 0.25) is 10.0 Å². The first-order valence-corrected chi connectivity index (χ1v) is 8.49. The van der Waals surface area contributed by atoms with Crippen molar-refractivity contribution in [1.82, 2.24) is 10.3 Å². The number of benzene rings is 1. The molecule has 0 atom stereocenters. The largest absolute Gasteiger partial charge is 0.417 e. The summed E-state index contributed by atoms with van der Waals surface area (Å²) in [6.45, 7) is 0.573. The number of nitrogens with one attached hydrogen (secondary N) is 2. The van der Waals surface area contributed by atoms with Gasteiger partial charge in [-0.3, -0.25) is 4.79 Å². The van der Waals surface area contributed by atoms with Gasteiger partial charge in [0, 0.05) is 30.7 Å². The van der Waals surface area contributed by atoms with Gasteiger partial charge in [-0.15, -0.1) is 0 Å². The zero-order valence-electron chi connectivity index (χ0n) is 13.5. The summed E-state index contributed by atoms with van der Waals surface area (Å²) < 4.78 is 37.6. The summed E-state index contributed by atoms with van der Waals surface area (Å²) >= 11 is 11.6. The standard InChI is InChI=1S/C17H16Cl2F3N3O/c18-13-4-1-11(2-5-13)3-6-15(26)23-7-8-24-16-14(19)9-12(10-25-16)17(20,21)22/h1-2,4-5,9-10H,3,6-8H2,(H,23,26)(H,24,25). The molecular formula is C17H16Cl2F3N3O. The third-order valence-electron chi connectivity index (χ3n) is 3.46. The van der Waals surface area contributed by atoms with E-state index in [1.54, 1.807) is 12.1 Å². The van der Waals surface area contributed by atoms with E-state index in [1.165, 1.54) is 0 Å². The molecule has 1 aromatic heterocycles. The maximum Gasteiger partial charge on any atom is 0.417 e. The van der Waals surface area contributed by atoms with E-state index >= 15 is 0 Å². The second kappa shape index (κ2) is 9.09. The lowest BCUT2D eigenvalue weighted by Crippen LogP contribution is -2.29. The highest BCUT2D eigenvalue weighted by Crippen LogP contribution is 2.32. The molecule has 0 radical (unpaired) electrons. The molecule has 1 amide bonds. The maximum absolute atomic E-state index is 12.5. The molecule has 0 aliphatic carbocycles. The van der Waals surface area contributed by atoms with Crippen molar-refractivity contribution in [1.29, 1.82) is 0 Å². The van der Waals surface area contributed by atoms with Crippen molar-refractivity contribution < 1.29 is 18.0 Å². The number of halogens is 5. The Labute approximate surface area is 158 Å². The van der Waals surface area contributed by atoms with Crippen molar-refractivity contribution in [3.63, 3.8) is 0 Å². The smallest absolute Gasteiger partial charge is 0.367 e. The summed E-state index contributed by atoms with van der Waals surface area (Å²) in [5.41, 5.74) is 0.0898. The number of hydrogen-bond acceptors (Lipinski definition) is 3. The first-order valence-electron chi connectivity index (χ1n) is 7.73. The molecule has 26 heavy (non-hydrogen) atoms. The highest BCUT2D eigenvalue weighted by molar-refractivity contribution is 6.33. The van der Waals surface area contributed by atoms with Crippen LogP contribution in [0.25, 0.3) is 0 Å². The summed E-state index contributed by atoms with van der Waals surface area (Å²) in [5.74, 6) is 0.00306. The van der Waals surface area contributed by atoms with E-state index in [0.29, 0.717) is 30.6 Å². The molecule has 140 valence electrons. The van der Waals surface area contributed by atoms with Crippen LogP contribution in [0.4, 0.5) is 19.0 Å². The fourth-order valence-electron chi connectivity index (χ4n) is 2.10. The van der Waals surface area contributed by atoms with Crippen LogP contribution in [-0.4, -0.2) is 24.0 Å². The van der Waals surface area contributed by atoms with E-state index in [2.05, 4.69) is 15.6 Å². The van der Waals surface area contributed by atoms with Gasteiger partial charge in [0.15, 0.2) is 0 Å². The molecule has 0 aliphatic heterocycles. The maximum atomic E-state index is 12.5. The van der Waals surface area contributed by atoms with Crippen LogP contribution >= 0.6 is 23.2 Å². The van der Waals surface area contributed by atoms with Crippen molar-refractivity contribution >= 4 is 34.9 Å². The van der Waals surface area contributed by atoms with Gasteiger partial charge in [0.25, 0.3) is 0 Å². The lowest BCUT2D eigenvalue weighted by atomic mass is 10.1. The third-order valence-corrected chi connectivity index (χ3v) is 4.00. The molecular weight excluding hydrogens is 390 g/mol. The molecule has 9 heteroatoms. The van der Waals surface area contributed by atoms with E-state index in [4.69, 9.17) is 23.2 Å². The van der Waals surface area contributed by atoms with Gasteiger partial charge in [-0.2, -0.15) is 13.2 Å². The number of aryl methyl sites for hydroxylation is 1. The number of carbonyl (C=O) groups excluding carboxylic acids is 1. The summed E-state index contributed by atoms with van der Waals surface area (Å²) in [5, 5.41) is 6.01.